The third-order valence-corrected chi connectivity index (χ3v) is 16.9. The molecule has 0 radical (unpaired) electrons. The van der Waals surface area contributed by atoms with E-state index in [0.29, 0.717) is 88.3 Å². The Bertz CT molecular complexity index is 2690. The van der Waals surface area contributed by atoms with Crippen molar-refractivity contribution < 1.29 is 43.2 Å². The number of benzene rings is 2. The monoisotopic (exact) mass is 914 g/mol. The van der Waals surface area contributed by atoms with Gasteiger partial charge in [-0.15, -0.1) is 0 Å². The van der Waals surface area contributed by atoms with Crippen LogP contribution >= 0.6 is 0 Å². The second-order valence-electron chi connectivity index (χ2n) is 19.9. The number of ether oxygens (including phenoxy) is 4. The van der Waals surface area contributed by atoms with E-state index in [4.69, 9.17) is 18.9 Å². The Morgan fingerprint density at radius 2 is 1.72 bits per heavy atom. The number of H-pyrrole nitrogens is 1. The van der Waals surface area contributed by atoms with Gasteiger partial charge in [0.15, 0.2) is 6.10 Å². The summed E-state index contributed by atoms with van der Waals surface area (Å²) in [5, 5.41) is 17.9. The Morgan fingerprint density at radius 3 is 2.42 bits per heavy atom. The summed E-state index contributed by atoms with van der Waals surface area (Å²) in [6.45, 7) is 8.67. The van der Waals surface area contributed by atoms with E-state index >= 15 is 4.79 Å². The van der Waals surface area contributed by atoms with Crippen LogP contribution in [0.5, 0.6) is 5.75 Å². The summed E-state index contributed by atoms with van der Waals surface area (Å²) in [6, 6.07) is 16.2. The molecule has 1 aliphatic carbocycles. The lowest BCUT2D eigenvalue weighted by atomic mass is 9.47. The lowest BCUT2D eigenvalue weighted by Crippen LogP contribution is -2.81. The molecule has 354 valence electrons. The number of carbonyl (C=O) groups is 4. The number of nitrogens with one attached hydrogen (secondary N) is 2. The van der Waals surface area contributed by atoms with E-state index in [-0.39, 0.29) is 17.9 Å². The van der Waals surface area contributed by atoms with Gasteiger partial charge in [0.25, 0.3) is 5.91 Å². The lowest BCUT2D eigenvalue weighted by Gasteiger charge is -2.63. The van der Waals surface area contributed by atoms with Gasteiger partial charge in [-0.25, -0.2) is 4.79 Å². The van der Waals surface area contributed by atoms with Crippen molar-refractivity contribution in [3.05, 3.63) is 101 Å². The molecule has 5 aliphatic heterocycles. The zero-order valence-electron chi connectivity index (χ0n) is 39.5. The Kier molecular flexibility index (Phi) is 10.9. The molecule has 3 N–H and O–H groups in total. The molecule has 1 spiro atoms. The molecule has 1 amide bonds. The third-order valence-electron chi connectivity index (χ3n) is 16.9. The molecular weight excluding hydrogens is 853 g/mol. The van der Waals surface area contributed by atoms with Gasteiger partial charge in [0.05, 0.1) is 32.9 Å². The first-order chi connectivity index (χ1) is 32.2. The number of carbonyl (C=O) groups excluding carboxylic acids is 4. The van der Waals surface area contributed by atoms with Crippen LogP contribution in [0, 0.1) is 11.3 Å². The summed E-state index contributed by atoms with van der Waals surface area (Å²) in [4.78, 5) is 72.2. The molecule has 10 rings (SSSR count). The molecule has 4 aromatic rings. The topological polar surface area (TPSA) is 176 Å². The minimum Gasteiger partial charge on any atom is -0.496 e. The van der Waals surface area contributed by atoms with Crippen LogP contribution in [0.2, 0.25) is 0 Å². The van der Waals surface area contributed by atoms with Gasteiger partial charge in [-0.05, 0) is 86.4 Å². The third kappa shape index (κ3) is 6.22. The number of fused-ring (bicyclic) bond motifs is 6. The minimum absolute atomic E-state index is 0.137. The van der Waals surface area contributed by atoms with Crippen LogP contribution in [0.1, 0.15) is 85.7 Å². The number of nitrogens with zero attached hydrogens (tertiary/aromatic N) is 4. The van der Waals surface area contributed by atoms with Crippen LogP contribution < -0.4 is 15.0 Å². The number of methoxy groups -OCH3 is 3. The highest BCUT2D eigenvalue weighted by Crippen LogP contribution is 2.68. The van der Waals surface area contributed by atoms with E-state index in [2.05, 4.69) is 50.2 Å². The number of piperidine rings is 1. The fourth-order valence-electron chi connectivity index (χ4n) is 14.5. The van der Waals surface area contributed by atoms with Gasteiger partial charge in [-0.1, -0.05) is 50.3 Å². The number of aliphatic hydroxyl groups is 1. The van der Waals surface area contributed by atoms with Crippen LogP contribution in [0.4, 0.5) is 5.69 Å². The molecule has 3 fully saturated rings. The molecule has 67 heavy (non-hydrogen) atoms. The number of aromatic amines is 1. The highest BCUT2D eigenvalue weighted by molar-refractivity contribution is 5.95. The van der Waals surface area contributed by atoms with Crippen LogP contribution in [0.25, 0.3) is 10.9 Å². The second-order valence-corrected chi connectivity index (χ2v) is 19.9. The van der Waals surface area contributed by atoms with Crippen molar-refractivity contribution in [2.24, 2.45) is 11.3 Å². The number of pyridine rings is 1. The average Bonchev–Trinajstić information content (AvgIpc) is 4.00. The van der Waals surface area contributed by atoms with Crippen molar-refractivity contribution in [1.29, 1.82) is 0 Å². The van der Waals surface area contributed by atoms with Crippen molar-refractivity contribution in [2.75, 3.05) is 66.0 Å². The van der Waals surface area contributed by atoms with Crippen LogP contribution in [0.3, 0.4) is 0 Å². The van der Waals surface area contributed by atoms with E-state index in [1.165, 1.54) is 21.1 Å². The number of para-hydroxylation sites is 1. The number of esters is 3. The van der Waals surface area contributed by atoms with Gasteiger partial charge >= 0.3 is 17.9 Å². The second kappa shape index (κ2) is 16.2. The predicted octanol–water partition coefficient (Wildman–Crippen LogP) is 4.82. The van der Waals surface area contributed by atoms with E-state index < -0.39 is 57.4 Å². The van der Waals surface area contributed by atoms with Gasteiger partial charge in [0.2, 0.25) is 5.60 Å². The molecule has 6 aliphatic rings. The number of anilines is 1. The molecule has 1 saturated carbocycles. The fraction of sp³-hybridized carbons (Fsp3) is 0.519. The van der Waals surface area contributed by atoms with Gasteiger partial charge < -0.3 is 44.2 Å². The van der Waals surface area contributed by atoms with Crippen molar-refractivity contribution in [3.63, 3.8) is 0 Å². The Labute approximate surface area is 391 Å². The normalized spacial score (nSPS) is 33.8. The van der Waals surface area contributed by atoms with Crippen molar-refractivity contribution >= 4 is 40.4 Å². The maximum absolute atomic E-state index is 15.7. The molecule has 2 aromatic carbocycles. The first-order valence-electron chi connectivity index (χ1n) is 23.7. The lowest BCUT2D eigenvalue weighted by molar-refractivity contribution is -0.228. The molecule has 2 aromatic heterocycles. The van der Waals surface area contributed by atoms with Crippen molar-refractivity contribution in [2.45, 2.75) is 99.5 Å². The Balaban J connectivity index is 1.23. The number of rotatable bonds is 9. The maximum atomic E-state index is 15.7. The first-order valence-corrected chi connectivity index (χ1v) is 23.7. The van der Waals surface area contributed by atoms with Crippen LogP contribution in [-0.2, 0) is 45.8 Å². The van der Waals surface area contributed by atoms with Crippen LogP contribution in [-0.4, -0.2) is 139 Å². The first kappa shape index (κ1) is 45.0. The van der Waals surface area contributed by atoms with Gasteiger partial charge in [0, 0.05) is 97.1 Å². The van der Waals surface area contributed by atoms with E-state index in [1.54, 1.807) is 25.4 Å². The quantitative estimate of drug-likeness (QED) is 0.119. The number of aromatic nitrogens is 2. The SMILES string of the molecule is CC[C@]1(NC(=O)c2ccccn2)C[C@H]2CN(CCc3c([nH]c4ccccc34)[C@@](C(=O)OC)(c3cc4c(cc3OC)N(C)[C@H]3[C@@](O)(C(=O)OC)[C@H](OC(C)=O)[C@]5(CC)C=CCN6CC[C@]43[C@@H]65)C2)C1. The molecular formula is C52H62N6O9. The smallest absolute Gasteiger partial charge is 0.344 e. The molecule has 15 heteroatoms. The van der Waals surface area contributed by atoms with Gasteiger partial charge in [-0.2, -0.15) is 0 Å². The van der Waals surface area contributed by atoms with Crippen LogP contribution in [0.15, 0.2) is 72.9 Å². The molecule has 7 heterocycles. The molecule has 1 unspecified atom stereocenters. The standard InChI is InChI=1S/C52H62N6O9/c1-8-48(55-42(60)38-17-12-13-21-53-38)27-32-28-51(46(61)65-6,41-34(18-23-57(29-32)30-48)33-15-10-11-16-37(33)54-41)36-25-35-39(26-40(36)64-5)56(4)44-50(35)20-24-58-22-14-19-49(9-2,43(50)58)45(67-31(3)59)52(44,63)47(62)66-7/h10-17,19,21,25-26,32,43-45,54,63H,8-9,18,20,22-24,27-30H2,1-7H3,(H,55,60)/t32-,43+,44-,45-,48+,49-,50-,51+,52+/m1/s1. The summed E-state index contributed by atoms with van der Waals surface area (Å²) in [6.07, 6.45) is 7.57. The van der Waals surface area contributed by atoms with Gasteiger partial charge in [0.1, 0.15) is 16.9 Å². The average molecular weight is 915 g/mol. The molecule has 15 nitrogen and oxygen atoms in total. The predicted molar refractivity (Wildman–Crippen MR) is 250 cm³/mol. The highest BCUT2D eigenvalue weighted by Gasteiger charge is 2.80. The fourth-order valence-corrected chi connectivity index (χ4v) is 14.5. The summed E-state index contributed by atoms with van der Waals surface area (Å²) in [5.74, 6) is -1.90. The minimum atomic E-state index is -2.33. The summed E-state index contributed by atoms with van der Waals surface area (Å²) >= 11 is 0. The van der Waals surface area contributed by atoms with Crippen molar-refractivity contribution in [3.8, 4) is 5.75 Å². The summed E-state index contributed by atoms with van der Waals surface area (Å²) < 4.78 is 24.2. The van der Waals surface area contributed by atoms with E-state index in [0.717, 1.165) is 33.4 Å². The van der Waals surface area contributed by atoms with Crippen molar-refractivity contribution in [1.82, 2.24) is 25.1 Å². The molecule has 2 saturated heterocycles. The zero-order valence-corrected chi connectivity index (χ0v) is 39.5. The Morgan fingerprint density at radius 1 is 0.940 bits per heavy atom. The summed E-state index contributed by atoms with van der Waals surface area (Å²) in [5.41, 5.74) is -1.26. The number of likely N-dealkylation sites (N-methyl/N-ethyl adjacent to an activating group) is 1. The zero-order chi connectivity index (χ0) is 47.3. The number of hydrogen-bond donors (Lipinski definition) is 3. The van der Waals surface area contributed by atoms with E-state index in [1.807, 2.05) is 55.3 Å². The Hall–Kier alpha value is -5.77. The number of amides is 1. The molecule has 10 atom stereocenters. The number of hydrogen-bond acceptors (Lipinski definition) is 13. The molecule has 2 bridgehead atoms. The maximum Gasteiger partial charge on any atom is 0.344 e. The largest absolute Gasteiger partial charge is 0.496 e. The summed E-state index contributed by atoms with van der Waals surface area (Å²) in [7, 11) is 6.15. The van der Waals surface area contributed by atoms with E-state index in [9.17, 15) is 19.5 Å². The highest BCUT2D eigenvalue weighted by atomic mass is 16.6. The van der Waals surface area contributed by atoms with Gasteiger partial charge in [-0.3, -0.25) is 24.3 Å².